The number of aliphatic hydroxyl groups is 1. The second-order valence-electron chi connectivity index (χ2n) is 4.87. The Balaban J connectivity index is 1.79. The van der Waals surface area contributed by atoms with Crippen molar-refractivity contribution in [2.75, 3.05) is 26.1 Å². The van der Waals surface area contributed by atoms with Crippen LogP contribution in [0.2, 0.25) is 0 Å². The van der Waals surface area contributed by atoms with E-state index in [1.54, 1.807) is 43.8 Å². The van der Waals surface area contributed by atoms with Gasteiger partial charge >= 0.3 is 0 Å². The summed E-state index contributed by atoms with van der Waals surface area (Å²) in [5.41, 5.74) is 0.662. The molecular weight excluding hydrogens is 314 g/mol. The first-order valence-corrected chi connectivity index (χ1v) is 7.93. The summed E-state index contributed by atoms with van der Waals surface area (Å²) in [6.45, 7) is 0.297. The quantitative estimate of drug-likeness (QED) is 0.723. The topological polar surface area (TPSA) is 76.5 Å². The van der Waals surface area contributed by atoms with Crippen LogP contribution in [-0.2, 0) is 0 Å². The lowest BCUT2D eigenvalue weighted by atomic mass is 10.1. The molecule has 0 bridgehead atoms. The van der Waals surface area contributed by atoms with Gasteiger partial charge in [-0.1, -0.05) is 0 Å². The minimum absolute atomic E-state index is 0.297. The Kier molecular flexibility index (Phi) is 4.59. The van der Waals surface area contributed by atoms with Gasteiger partial charge in [0, 0.05) is 12.1 Å². The van der Waals surface area contributed by atoms with Gasteiger partial charge in [0.15, 0.2) is 0 Å². The van der Waals surface area contributed by atoms with E-state index in [9.17, 15) is 5.11 Å². The van der Waals surface area contributed by atoms with Crippen LogP contribution >= 0.6 is 11.3 Å². The minimum Gasteiger partial charge on any atom is -0.497 e. The van der Waals surface area contributed by atoms with E-state index < -0.39 is 6.10 Å². The summed E-state index contributed by atoms with van der Waals surface area (Å²) in [7, 11) is 3.16. The van der Waals surface area contributed by atoms with E-state index in [0.29, 0.717) is 29.4 Å². The van der Waals surface area contributed by atoms with E-state index in [1.165, 1.54) is 6.33 Å². The molecular formula is C16H17N3O3S. The highest BCUT2D eigenvalue weighted by molar-refractivity contribution is 7.16. The van der Waals surface area contributed by atoms with Crippen molar-refractivity contribution in [2.45, 2.75) is 6.10 Å². The second-order valence-corrected chi connectivity index (χ2v) is 5.76. The van der Waals surface area contributed by atoms with Crippen LogP contribution < -0.4 is 14.8 Å². The Morgan fingerprint density at radius 2 is 2.09 bits per heavy atom. The van der Waals surface area contributed by atoms with Crippen molar-refractivity contribution < 1.29 is 14.6 Å². The molecule has 0 aliphatic carbocycles. The van der Waals surface area contributed by atoms with Gasteiger partial charge in [-0.3, -0.25) is 0 Å². The van der Waals surface area contributed by atoms with E-state index in [-0.39, 0.29) is 0 Å². The van der Waals surface area contributed by atoms with E-state index in [4.69, 9.17) is 9.47 Å². The minimum atomic E-state index is -0.760. The fourth-order valence-corrected chi connectivity index (χ4v) is 3.07. The molecule has 2 N–H and O–H groups in total. The molecule has 6 nitrogen and oxygen atoms in total. The SMILES string of the molecule is COc1ccc(OC)c(C(O)CNc2ncnc3sccc23)c1. The summed E-state index contributed by atoms with van der Waals surface area (Å²) in [6.07, 6.45) is 0.753. The van der Waals surface area contributed by atoms with Crippen LogP contribution in [0.1, 0.15) is 11.7 Å². The third-order valence-electron chi connectivity index (χ3n) is 3.52. The molecule has 0 aliphatic rings. The monoisotopic (exact) mass is 331 g/mol. The maximum Gasteiger partial charge on any atom is 0.138 e. The maximum atomic E-state index is 10.5. The Bertz CT molecular complexity index is 806. The Morgan fingerprint density at radius 1 is 1.22 bits per heavy atom. The van der Waals surface area contributed by atoms with E-state index in [1.807, 2.05) is 11.4 Å². The third-order valence-corrected chi connectivity index (χ3v) is 4.34. The van der Waals surface area contributed by atoms with Gasteiger partial charge in [-0.05, 0) is 29.6 Å². The lowest BCUT2D eigenvalue weighted by Crippen LogP contribution is -2.14. The van der Waals surface area contributed by atoms with Gasteiger partial charge in [0.1, 0.15) is 28.5 Å². The number of methoxy groups -OCH3 is 2. The fourth-order valence-electron chi connectivity index (χ4n) is 2.33. The van der Waals surface area contributed by atoms with Crippen molar-refractivity contribution >= 4 is 27.4 Å². The Morgan fingerprint density at radius 3 is 2.87 bits per heavy atom. The van der Waals surface area contributed by atoms with Crippen LogP contribution in [0, 0.1) is 0 Å². The Labute approximate surface area is 137 Å². The van der Waals surface area contributed by atoms with Crippen molar-refractivity contribution in [3.8, 4) is 11.5 Å². The predicted octanol–water partition coefficient (Wildman–Crippen LogP) is 2.85. The molecule has 0 spiro atoms. The molecule has 0 saturated heterocycles. The highest BCUT2D eigenvalue weighted by Crippen LogP contribution is 2.30. The number of thiophene rings is 1. The van der Waals surface area contributed by atoms with Crippen LogP contribution in [0.25, 0.3) is 10.2 Å². The number of hydrogen-bond donors (Lipinski definition) is 2. The molecule has 0 aliphatic heterocycles. The van der Waals surface area contributed by atoms with Gasteiger partial charge in [0.2, 0.25) is 0 Å². The average Bonchev–Trinajstić information content (AvgIpc) is 3.08. The third kappa shape index (κ3) is 3.20. The number of hydrogen-bond acceptors (Lipinski definition) is 7. The number of ether oxygens (including phenoxy) is 2. The van der Waals surface area contributed by atoms with Crippen LogP contribution in [0.3, 0.4) is 0 Å². The molecule has 0 fully saturated rings. The summed E-state index contributed by atoms with van der Waals surface area (Å²) in [5.74, 6) is 1.99. The summed E-state index contributed by atoms with van der Waals surface area (Å²) >= 11 is 1.55. The standard InChI is InChI=1S/C16H17N3O3S/c1-21-10-3-4-14(22-2)12(7-10)13(20)8-17-15-11-5-6-23-16(11)19-9-18-15/h3-7,9,13,20H,8H2,1-2H3,(H,17,18,19). The molecule has 1 unspecified atom stereocenters. The predicted molar refractivity (Wildman–Crippen MR) is 90.4 cm³/mol. The lowest BCUT2D eigenvalue weighted by molar-refractivity contribution is 0.186. The summed E-state index contributed by atoms with van der Waals surface area (Å²) < 4.78 is 10.5. The first-order valence-electron chi connectivity index (χ1n) is 7.05. The second kappa shape index (κ2) is 6.80. The highest BCUT2D eigenvalue weighted by atomic mass is 32.1. The van der Waals surface area contributed by atoms with Crippen molar-refractivity contribution in [1.82, 2.24) is 9.97 Å². The summed E-state index contributed by atoms with van der Waals surface area (Å²) in [4.78, 5) is 9.36. The Hall–Kier alpha value is -2.38. The van der Waals surface area contributed by atoms with Gasteiger partial charge in [-0.25, -0.2) is 9.97 Å². The number of aromatic nitrogens is 2. The van der Waals surface area contributed by atoms with Gasteiger partial charge in [0.25, 0.3) is 0 Å². The highest BCUT2D eigenvalue weighted by Gasteiger charge is 2.15. The molecule has 2 heterocycles. The zero-order valence-electron chi connectivity index (χ0n) is 12.8. The fraction of sp³-hybridized carbons (Fsp3) is 0.250. The molecule has 0 radical (unpaired) electrons. The first-order chi connectivity index (χ1) is 11.2. The zero-order valence-corrected chi connectivity index (χ0v) is 13.6. The number of nitrogens with one attached hydrogen (secondary N) is 1. The van der Waals surface area contributed by atoms with Crippen LogP contribution in [-0.4, -0.2) is 35.8 Å². The van der Waals surface area contributed by atoms with Crippen molar-refractivity contribution in [2.24, 2.45) is 0 Å². The molecule has 0 amide bonds. The van der Waals surface area contributed by atoms with Crippen LogP contribution in [0.5, 0.6) is 11.5 Å². The zero-order chi connectivity index (χ0) is 16.2. The number of benzene rings is 1. The van der Waals surface area contributed by atoms with Gasteiger partial charge in [-0.15, -0.1) is 11.3 Å². The van der Waals surface area contributed by atoms with Crippen LogP contribution in [0.4, 0.5) is 5.82 Å². The molecule has 7 heteroatoms. The lowest BCUT2D eigenvalue weighted by Gasteiger charge is -2.17. The van der Waals surface area contributed by atoms with Crippen LogP contribution in [0.15, 0.2) is 36.0 Å². The van der Waals surface area contributed by atoms with Crippen molar-refractivity contribution in [3.05, 3.63) is 41.5 Å². The largest absolute Gasteiger partial charge is 0.497 e. The normalized spacial score (nSPS) is 12.1. The molecule has 0 saturated carbocycles. The van der Waals surface area contributed by atoms with E-state index in [2.05, 4.69) is 15.3 Å². The summed E-state index contributed by atoms with van der Waals surface area (Å²) in [6, 6.07) is 7.30. The molecule has 1 atom stereocenters. The molecule has 120 valence electrons. The molecule has 3 rings (SSSR count). The average molecular weight is 331 g/mol. The maximum absolute atomic E-state index is 10.5. The first kappa shape index (κ1) is 15.5. The van der Waals surface area contributed by atoms with Crippen molar-refractivity contribution in [1.29, 1.82) is 0 Å². The van der Waals surface area contributed by atoms with E-state index >= 15 is 0 Å². The van der Waals surface area contributed by atoms with Gasteiger partial charge in [-0.2, -0.15) is 0 Å². The van der Waals surface area contributed by atoms with E-state index in [0.717, 1.165) is 10.2 Å². The number of aliphatic hydroxyl groups excluding tert-OH is 1. The van der Waals surface area contributed by atoms with Gasteiger partial charge < -0.3 is 19.9 Å². The number of fused-ring (bicyclic) bond motifs is 1. The number of rotatable bonds is 6. The smallest absolute Gasteiger partial charge is 0.138 e. The molecule has 2 aromatic heterocycles. The number of anilines is 1. The summed E-state index contributed by atoms with van der Waals surface area (Å²) in [5, 5.41) is 16.6. The van der Waals surface area contributed by atoms with Crippen molar-refractivity contribution in [3.63, 3.8) is 0 Å². The van der Waals surface area contributed by atoms with Gasteiger partial charge in [0.05, 0.1) is 25.7 Å². The molecule has 1 aromatic carbocycles. The molecule has 23 heavy (non-hydrogen) atoms. The molecule has 3 aromatic rings. The number of nitrogens with zero attached hydrogens (tertiary/aromatic N) is 2.